The van der Waals surface area contributed by atoms with E-state index in [1.165, 1.54) is 6.21 Å². The number of hydrogen-bond acceptors (Lipinski definition) is 8. The number of hydrogen-bond donors (Lipinski definition) is 3. The summed E-state index contributed by atoms with van der Waals surface area (Å²) in [6, 6.07) is 10.5. The van der Waals surface area contributed by atoms with E-state index in [1.54, 1.807) is 29.3 Å². The molecule has 1 aliphatic heterocycles. The van der Waals surface area contributed by atoms with Crippen molar-refractivity contribution in [3.8, 4) is 6.07 Å². The molecule has 166 valence electrons. The van der Waals surface area contributed by atoms with Crippen molar-refractivity contribution in [1.29, 1.82) is 10.7 Å². The van der Waals surface area contributed by atoms with Crippen LogP contribution in [-0.4, -0.2) is 41.0 Å². The highest BCUT2D eigenvalue weighted by Crippen LogP contribution is 2.26. The third-order valence-electron chi connectivity index (χ3n) is 5.31. The first-order valence-electron chi connectivity index (χ1n) is 10.4. The standard InChI is InChI=1S/C23H27N7O2/c1-14(2)20-13-32-23(31)30(20)21-9-10-26-22(29-21)28-16(4)19(12-25)15(3)27-18-7-5-17(11-24)6-8-18/h5-10,12,14,16,20,25,27H,13H2,1-4H3,(H,26,28,29)/b19-15+,25-12?/t16?,20-/m1/s1. The predicted octanol–water partition coefficient (Wildman–Crippen LogP) is 4.17. The summed E-state index contributed by atoms with van der Waals surface area (Å²) in [5, 5.41) is 23.3. The molecule has 1 saturated heterocycles. The van der Waals surface area contributed by atoms with Crippen LogP contribution in [0.3, 0.4) is 0 Å². The molecule has 3 rings (SSSR count). The zero-order chi connectivity index (χ0) is 23.3. The molecule has 9 heteroatoms. The van der Waals surface area contributed by atoms with Gasteiger partial charge in [0.15, 0.2) is 0 Å². The summed E-state index contributed by atoms with van der Waals surface area (Å²) in [5.74, 6) is 1.04. The van der Waals surface area contributed by atoms with Crippen LogP contribution in [0.15, 0.2) is 47.8 Å². The maximum Gasteiger partial charge on any atom is 0.415 e. The van der Waals surface area contributed by atoms with E-state index < -0.39 is 6.09 Å². The van der Waals surface area contributed by atoms with Crippen molar-refractivity contribution < 1.29 is 9.53 Å². The topological polar surface area (TPSA) is 127 Å². The van der Waals surface area contributed by atoms with Crippen molar-refractivity contribution in [3.05, 3.63) is 53.4 Å². The highest BCUT2D eigenvalue weighted by atomic mass is 16.6. The van der Waals surface area contributed by atoms with Crippen LogP contribution in [0.2, 0.25) is 0 Å². The average molecular weight is 434 g/mol. The van der Waals surface area contributed by atoms with E-state index in [0.717, 1.165) is 11.4 Å². The number of nitrogens with zero attached hydrogens (tertiary/aromatic N) is 4. The summed E-state index contributed by atoms with van der Waals surface area (Å²) in [6.07, 6.45) is 2.46. The molecule has 0 radical (unpaired) electrons. The number of nitriles is 1. The van der Waals surface area contributed by atoms with Crippen molar-refractivity contribution in [3.63, 3.8) is 0 Å². The first-order valence-corrected chi connectivity index (χ1v) is 10.4. The Bertz CT molecular complexity index is 1060. The first kappa shape index (κ1) is 22.7. The number of carbonyl (C=O) groups is 1. The lowest BCUT2D eigenvalue weighted by Gasteiger charge is -2.24. The molecular formula is C23H27N7O2. The number of anilines is 3. The second-order valence-corrected chi connectivity index (χ2v) is 7.90. The summed E-state index contributed by atoms with van der Waals surface area (Å²) in [4.78, 5) is 22.6. The van der Waals surface area contributed by atoms with Crippen molar-refractivity contribution >= 4 is 29.8 Å². The van der Waals surface area contributed by atoms with E-state index in [9.17, 15) is 4.79 Å². The number of carbonyl (C=O) groups excluding carboxylic acids is 1. The Kier molecular flexibility index (Phi) is 7.05. The number of amides is 1. The molecule has 3 N–H and O–H groups in total. The number of cyclic esters (lactones) is 1. The fourth-order valence-electron chi connectivity index (χ4n) is 3.49. The van der Waals surface area contributed by atoms with Gasteiger partial charge in [0.25, 0.3) is 0 Å². The van der Waals surface area contributed by atoms with Crippen molar-refractivity contribution in [2.45, 2.75) is 39.8 Å². The number of nitrogens with one attached hydrogen (secondary N) is 3. The second kappa shape index (κ2) is 9.92. The van der Waals surface area contributed by atoms with Crippen LogP contribution >= 0.6 is 0 Å². The molecule has 1 unspecified atom stereocenters. The van der Waals surface area contributed by atoms with Gasteiger partial charge >= 0.3 is 6.09 Å². The van der Waals surface area contributed by atoms with Gasteiger partial charge in [-0.25, -0.2) is 9.78 Å². The molecule has 9 nitrogen and oxygen atoms in total. The van der Waals surface area contributed by atoms with Crippen LogP contribution in [0, 0.1) is 22.7 Å². The Morgan fingerprint density at radius 3 is 2.66 bits per heavy atom. The zero-order valence-electron chi connectivity index (χ0n) is 18.6. The molecule has 2 heterocycles. The van der Waals surface area contributed by atoms with E-state index in [0.29, 0.717) is 29.5 Å². The molecule has 0 aliphatic carbocycles. The molecule has 1 amide bonds. The lowest BCUT2D eigenvalue weighted by atomic mass is 10.0. The number of allylic oxidation sites excluding steroid dienone is 1. The van der Waals surface area contributed by atoms with Crippen molar-refractivity contribution in [2.75, 3.05) is 22.1 Å². The highest BCUT2D eigenvalue weighted by Gasteiger charge is 2.37. The Balaban J connectivity index is 1.77. The molecule has 0 spiro atoms. The van der Waals surface area contributed by atoms with E-state index in [2.05, 4.69) is 26.7 Å². The maximum absolute atomic E-state index is 12.2. The molecule has 2 aromatic rings. The molecule has 2 atom stereocenters. The summed E-state index contributed by atoms with van der Waals surface area (Å²) in [6.45, 7) is 8.18. The fraction of sp³-hybridized carbons (Fsp3) is 0.348. The van der Waals surface area contributed by atoms with Gasteiger partial charge < -0.3 is 20.8 Å². The maximum atomic E-state index is 12.2. The van der Waals surface area contributed by atoms with Crippen LogP contribution in [0.1, 0.15) is 33.3 Å². The monoisotopic (exact) mass is 433 g/mol. The van der Waals surface area contributed by atoms with Gasteiger partial charge in [-0.1, -0.05) is 13.8 Å². The molecular weight excluding hydrogens is 406 g/mol. The van der Waals surface area contributed by atoms with E-state index in [4.69, 9.17) is 15.4 Å². The zero-order valence-corrected chi connectivity index (χ0v) is 18.6. The molecule has 1 fully saturated rings. The Morgan fingerprint density at radius 1 is 1.31 bits per heavy atom. The lowest BCUT2D eigenvalue weighted by molar-refractivity contribution is 0.177. The van der Waals surface area contributed by atoms with Crippen molar-refractivity contribution in [1.82, 2.24) is 9.97 Å². The normalized spacial score (nSPS) is 17.3. The molecule has 0 bridgehead atoms. The van der Waals surface area contributed by atoms with Crippen LogP contribution in [0.5, 0.6) is 0 Å². The van der Waals surface area contributed by atoms with Gasteiger partial charge in [-0.05, 0) is 50.1 Å². The molecule has 1 aliphatic rings. The Morgan fingerprint density at radius 2 is 2.03 bits per heavy atom. The van der Waals surface area contributed by atoms with Gasteiger partial charge in [0.05, 0.1) is 23.7 Å². The number of aromatic nitrogens is 2. The quantitative estimate of drug-likeness (QED) is 0.533. The second-order valence-electron chi connectivity index (χ2n) is 7.90. The van der Waals surface area contributed by atoms with Gasteiger partial charge in [0.2, 0.25) is 5.95 Å². The summed E-state index contributed by atoms with van der Waals surface area (Å²) < 4.78 is 5.22. The summed E-state index contributed by atoms with van der Waals surface area (Å²) in [5.41, 5.74) is 2.89. The fourth-order valence-corrected chi connectivity index (χ4v) is 3.49. The predicted molar refractivity (Wildman–Crippen MR) is 124 cm³/mol. The Hall–Kier alpha value is -3.93. The molecule has 1 aromatic carbocycles. The minimum Gasteiger partial charge on any atom is -0.447 e. The lowest BCUT2D eigenvalue weighted by Crippen LogP contribution is -2.38. The van der Waals surface area contributed by atoms with Crippen LogP contribution in [-0.2, 0) is 4.74 Å². The summed E-state index contributed by atoms with van der Waals surface area (Å²) in [7, 11) is 0. The van der Waals surface area contributed by atoms with Crippen LogP contribution in [0.4, 0.5) is 22.2 Å². The third-order valence-corrected chi connectivity index (χ3v) is 5.31. The highest BCUT2D eigenvalue weighted by molar-refractivity contribution is 5.89. The number of ether oxygens (including phenoxy) is 1. The SMILES string of the molecule is C/C(Nc1ccc(C#N)cc1)=C(/C=N)C(C)Nc1nccc(N2C(=O)OC[C@@H]2C(C)C)n1. The number of rotatable bonds is 8. The molecule has 32 heavy (non-hydrogen) atoms. The van der Waals surface area contributed by atoms with Crippen LogP contribution in [0.25, 0.3) is 0 Å². The van der Waals surface area contributed by atoms with E-state index in [-0.39, 0.29) is 18.0 Å². The van der Waals surface area contributed by atoms with Gasteiger partial charge in [0.1, 0.15) is 12.4 Å². The molecule has 1 aromatic heterocycles. The minimum absolute atomic E-state index is 0.0847. The van der Waals surface area contributed by atoms with Crippen molar-refractivity contribution in [2.24, 2.45) is 5.92 Å². The largest absolute Gasteiger partial charge is 0.447 e. The third kappa shape index (κ3) is 5.03. The van der Waals surface area contributed by atoms with E-state index >= 15 is 0 Å². The smallest absolute Gasteiger partial charge is 0.415 e. The van der Waals surface area contributed by atoms with Gasteiger partial charge in [-0.15, -0.1) is 0 Å². The average Bonchev–Trinajstić information content (AvgIpc) is 3.16. The van der Waals surface area contributed by atoms with Gasteiger partial charge in [0, 0.05) is 29.4 Å². The molecule has 0 saturated carbocycles. The van der Waals surface area contributed by atoms with Crippen LogP contribution < -0.4 is 15.5 Å². The Labute approximate surface area is 187 Å². The number of benzene rings is 1. The first-order chi connectivity index (χ1) is 15.3. The van der Waals surface area contributed by atoms with Gasteiger partial charge in [-0.3, -0.25) is 4.90 Å². The minimum atomic E-state index is -0.413. The van der Waals surface area contributed by atoms with E-state index in [1.807, 2.05) is 39.8 Å². The summed E-state index contributed by atoms with van der Waals surface area (Å²) >= 11 is 0. The van der Waals surface area contributed by atoms with Gasteiger partial charge in [-0.2, -0.15) is 10.2 Å².